The lowest BCUT2D eigenvalue weighted by Gasteiger charge is -2.22. The van der Waals surface area contributed by atoms with Gasteiger partial charge in [-0.2, -0.15) is 0 Å². The quantitative estimate of drug-likeness (QED) is 0.851. The van der Waals surface area contributed by atoms with Crippen molar-refractivity contribution in [3.8, 4) is 5.75 Å². The third-order valence-electron chi connectivity index (χ3n) is 3.36. The molecule has 0 bridgehead atoms. The maximum atomic E-state index is 5.49. The molecule has 0 spiro atoms. The Morgan fingerprint density at radius 1 is 1.44 bits per heavy atom. The average Bonchev–Trinajstić information content (AvgIpc) is 2.77. The number of rotatable bonds is 2. The molecule has 0 amide bonds. The number of fused-ring (bicyclic) bond motifs is 1. The molecular weight excluding hydrogens is 218 g/mol. The van der Waals surface area contributed by atoms with Crippen molar-refractivity contribution < 1.29 is 4.74 Å². The van der Waals surface area contributed by atoms with Gasteiger partial charge in [-0.1, -0.05) is 17.8 Å². The molecular formula is C13H17NOS. The molecule has 1 unspecified atom stereocenters. The molecule has 16 heavy (non-hydrogen) atoms. The van der Waals surface area contributed by atoms with Crippen LogP contribution in [0.2, 0.25) is 0 Å². The molecule has 1 atom stereocenters. The third kappa shape index (κ3) is 2.20. The molecule has 0 aliphatic carbocycles. The first kappa shape index (κ1) is 10.5. The Labute approximate surface area is 101 Å². The van der Waals surface area contributed by atoms with E-state index in [0.717, 1.165) is 17.6 Å². The smallest absolute Gasteiger partial charge is 0.138 e. The highest BCUT2D eigenvalue weighted by Crippen LogP contribution is 2.37. The van der Waals surface area contributed by atoms with E-state index in [-0.39, 0.29) is 0 Å². The Morgan fingerprint density at radius 3 is 3.31 bits per heavy atom. The maximum Gasteiger partial charge on any atom is 0.138 e. The van der Waals surface area contributed by atoms with Gasteiger partial charge in [0.15, 0.2) is 0 Å². The van der Waals surface area contributed by atoms with Crippen molar-refractivity contribution >= 4 is 11.8 Å². The van der Waals surface area contributed by atoms with E-state index in [1.807, 2.05) is 0 Å². The predicted molar refractivity (Wildman–Crippen MR) is 67.1 cm³/mol. The Kier molecular flexibility index (Phi) is 3.06. The zero-order chi connectivity index (χ0) is 10.8. The summed E-state index contributed by atoms with van der Waals surface area (Å²) in [7, 11) is 0. The largest absolute Gasteiger partial charge is 0.481 e. The SMILES string of the molecule is c1cc2c(cc1CC1CCCNC1)SCO2. The van der Waals surface area contributed by atoms with E-state index >= 15 is 0 Å². The van der Waals surface area contributed by atoms with Crippen LogP contribution in [-0.2, 0) is 6.42 Å². The van der Waals surface area contributed by atoms with Gasteiger partial charge in [0.25, 0.3) is 0 Å². The third-order valence-corrected chi connectivity index (χ3v) is 4.23. The second-order valence-electron chi connectivity index (χ2n) is 4.60. The summed E-state index contributed by atoms with van der Waals surface area (Å²) in [6, 6.07) is 6.65. The van der Waals surface area contributed by atoms with Gasteiger partial charge in [0.2, 0.25) is 0 Å². The van der Waals surface area contributed by atoms with Crippen LogP contribution in [0.1, 0.15) is 18.4 Å². The molecule has 1 aromatic rings. The molecule has 2 nitrogen and oxygen atoms in total. The van der Waals surface area contributed by atoms with Gasteiger partial charge in [-0.05, 0) is 56.0 Å². The molecule has 1 N–H and O–H groups in total. The van der Waals surface area contributed by atoms with Crippen molar-refractivity contribution in [1.82, 2.24) is 5.32 Å². The van der Waals surface area contributed by atoms with Gasteiger partial charge in [0.05, 0.1) is 4.90 Å². The van der Waals surface area contributed by atoms with Gasteiger partial charge in [0, 0.05) is 0 Å². The van der Waals surface area contributed by atoms with Crippen LogP contribution in [0.5, 0.6) is 5.75 Å². The van der Waals surface area contributed by atoms with E-state index in [9.17, 15) is 0 Å². The van der Waals surface area contributed by atoms with Crippen LogP contribution in [0.3, 0.4) is 0 Å². The first-order valence-corrected chi connectivity index (χ1v) is 6.99. The summed E-state index contributed by atoms with van der Waals surface area (Å²) in [4.78, 5) is 1.32. The highest BCUT2D eigenvalue weighted by molar-refractivity contribution is 7.99. The van der Waals surface area contributed by atoms with Crippen molar-refractivity contribution in [3.05, 3.63) is 23.8 Å². The molecule has 2 heterocycles. The highest BCUT2D eigenvalue weighted by atomic mass is 32.2. The Bertz CT molecular complexity index is 374. The number of hydrogen-bond donors (Lipinski definition) is 1. The Balaban J connectivity index is 1.69. The standard InChI is InChI=1S/C13H17NOS/c1-2-11(8-14-5-1)6-10-3-4-12-13(7-10)16-9-15-12/h3-4,7,11,14H,1-2,5-6,8-9H2. The lowest BCUT2D eigenvalue weighted by atomic mass is 9.92. The summed E-state index contributed by atoms with van der Waals surface area (Å²) in [6.07, 6.45) is 3.90. The number of hydrogen-bond acceptors (Lipinski definition) is 3. The summed E-state index contributed by atoms with van der Waals surface area (Å²) in [5, 5.41) is 3.48. The molecule has 1 aromatic carbocycles. The monoisotopic (exact) mass is 235 g/mol. The zero-order valence-corrected chi connectivity index (χ0v) is 10.2. The van der Waals surface area contributed by atoms with E-state index < -0.39 is 0 Å². The number of piperidine rings is 1. The van der Waals surface area contributed by atoms with Crippen LogP contribution in [0.25, 0.3) is 0 Å². The van der Waals surface area contributed by atoms with Crippen molar-refractivity contribution in [2.45, 2.75) is 24.2 Å². The summed E-state index contributed by atoms with van der Waals surface area (Å²) >= 11 is 1.81. The van der Waals surface area contributed by atoms with Gasteiger partial charge in [-0.3, -0.25) is 0 Å². The van der Waals surface area contributed by atoms with Crippen LogP contribution in [0.15, 0.2) is 23.1 Å². The topological polar surface area (TPSA) is 21.3 Å². The van der Waals surface area contributed by atoms with Gasteiger partial charge in [-0.25, -0.2) is 0 Å². The molecule has 0 radical (unpaired) electrons. The summed E-state index contributed by atoms with van der Waals surface area (Å²) in [5.41, 5.74) is 1.46. The van der Waals surface area contributed by atoms with E-state index in [1.165, 1.54) is 42.8 Å². The zero-order valence-electron chi connectivity index (χ0n) is 9.37. The first-order chi connectivity index (χ1) is 7.92. The summed E-state index contributed by atoms with van der Waals surface area (Å²) < 4.78 is 5.49. The molecule has 1 saturated heterocycles. The lowest BCUT2D eigenvalue weighted by molar-refractivity contribution is 0.375. The molecule has 1 fully saturated rings. The second kappa shape index (κ2) is 4.68. The maximum absolute atomic E-state index is 5.49. The molecule has 86 valence electrons. The Morgan fingerprint density at radius 2 is 2.44 bits per heavy atom. The average molecular weight is 235 g/mol. The normalized spacial score (nSPS) is 23.9. The van der Waals surface area contributed by atoms with Gasteiger partial charge in [-0.15, -0.1) is 0 Å². The van der Waals surface area contributed by atoms with Crippen LogP contribution in [-0.4, -0.2) is 19.0 Å². The number of ether oxygens (including phenoxy) is 1. The summed E-state index contributed by atoms with van der Waals surface area (Å²) in [5.74, 6) is 2.67. The van der Waals surface area contributed by atoms with Gasteiger partial charge in [0.1, 0.15) is 11.7 Å². The van der Waals surface area contributed by atoms with Gasteiger partial charge < -0.3 is 10.1 Å². The fourth-order valence-corrected chi connectivity index (χ4v) is 3.32. The Hall–Kier alpha value is -0.670. The predicted octanol–water partition coefficient (Wildman–Crippen LogP) is 2.67. The van der Waals surface area contributed by atoms with Crippen LogP contribution < -0.4 is 10.1 Å². The van der Waals surface area contributed by atoms with Crippen molar-refractivity contribution in [2.75, 3.05) is 19.0 Å². The van der Waals surface area contributed by atoms with Gasteiger partial charge >= 0.3 is 0 Å². The fraction of sp³-hybridized carbons (Fsp3) is 0.538. The van der Waals surface area contributed by atoms with Crippen molar-refractivity contribution in [2.24, 2.45) is 5.92 Å². The fourth-order valence-electron chi connectivity index (χ4n) is 2.50. The summed E-state index contributed by atoms with van der Waals surface area (Å²) in [6.45, 7) is 2.38. The van der Waals surface area contributed by atoms with E-state index in [1.54, 1.807) is 11.8 Å². The van der Waals surface area contributed by atoms with E-state index in [4.69, 9.17) is 4.74 Å². The minimum atomic E-state index is 0.782. The minimum absolute atomic E-state index is 0.782. The molecule has 2 aliphatic heterocycles. The minimum Gasteiger partial charge on any atom is -0.481 e. The van der Waals surface area contributed by atoms with E-state index in [2.05, 4.69) is 23.5 Å². The molecule has 3 heteroatoms. The molecule has 2 aliphatic rings. The van der Waals surface area contributed by atoms with Crippen LogP contribution in [0.4, 0.5) is 0 Å². The number of thioether (sulfide) groups is 1. The molecule has 0 aromatic heterocycles. The van der Waals surface area contributed by atoms with Crippen LogP contribution >= 0.6 is 11.8 Å². The molecule has 3 rings (SSSR count). The second-order valence-corrected chi connectivity index (χ2v) is 5.57. The van der Waals surface area contributed by atoms with E-state index in [0.29, 0.717) is 0 Å². The molecule has 0 saturated carbocycles. The first-order valence-electron chi connectivity index (χ1n) is 6.01. The highest BCUT2D eigenvalue weighted by Gasteiger charge is 2.16. The van der Waals surface area contributed by atoms with Crippen molar-refractivity contribution in [3.63, 3.8) is 0 Å². The van der Waals surface area contributed by atoms with Crippen molar-refractivity contribution in [1.29, 1.82) is 0 Å². The van der Waals surface area contributed by atoms with Crippen LogP contribution in [0, 0.1) is 5.92 Å². The number of nitrogens with one attached hydrogen (secondary N) is 1. The lowest BCUT2D eigenvalue weighted by Crippen LogP contribution is -2.30. The number of benzene rings is 1.